The minimum atomic E-state index is -1.83. The Morgan fingerprint density at radius 1 is 0.600 bits per heavy atom. The van der Waals surface area contributed by atoms with E-state index in [2.05, 4.69) is 76.2 Å². The van der Waals surface area contributed by atoms with Gasteiger partial charge in [0.2, 0.25) is 0 Å². The van der Waals surface area contributed by atoms with E-state index in [1.165, 1.54) is 19.3 Å². The molecule has 4 N–H and O–H groups in total. The molecular formula is C19H46O6. The first-order valence-corrected chi connectivity index (χ1v) is 8.99. The van der Waals surface area contributed by atoms with Crippen molar-refractivity contribution >= 4 is 12.3 Å². The molecule has 0 aliphatic carbocycles. The van der Waals surface area contributed by atoms with Crippen LogP contribution in [0.25, 0.3) is 0 Å². The molecule has 6 heteroatoms. The van der Waals surface area contributed by atoms with Crippen LogP contribution < -0.4 is 0 Å². The van der Waals surface area contributed by atoms with Gasteiger partial charge in [-0.15, -0.1) is 0 Å². The van der Waals surface area contributed by atoms with E-state index in [0.29, 0.717) is 0 Å². The summed E-state index contributed by atoms with van der Waals surface area (Å²) in [5, 5.41) is 27.9. The molecule has 0 atom stereocenters. The average Bonchev–Trinajstić information content (AvgIpc) is 2.38. The lowest BCUT2D eigenvalue weighted by molar-refractivity contribution is 0.135. The number of carboxylic acid groups (broad SMARTS) is 4. The molecule has 0 aromatic carbocycles. The van der Waals surface area contributed by atoms with Gasteiger partial charge in [-0.2, -0.15) is 0 Å². The summed E-state index contributed by atoms with van der Waals surface area (Å²) in [5.74, 6) is 2.60. The Morgan fingerprint density at radius 3 is 0.640 bits per heavy atom. The lowest BCUT2D eigenvalue weighted by Gasteiger charge is -1.90. The van der Waals surface area contributed by atoms with Crippen LogP contribution in [-0.2, 0) is 0 Å². The molecule has 0 saturated carbocycles. The van der Waals surface area contributed by atoms with Gasteiger partial charge in [-0.05, 0) is 17.8 Å². The summed E-state index contributed by atoms with van der Waals surface area (Å²) in [4.78, 5) is 17.1. The molecule has 25 heavy (non-hydrogen) atoms. The minimum absolute atomic E-state index is 0.833. The van der Waals surface area contributed by atoms with Gasteiger partial charge in [0, 0.05) is 0 Å². The summed E-state index contributed by atoms with van der Waals surface area (Å²) in [7, 11) is 0. The first kappa shape index (κ1) is 38.9. The zero-order valence-electron chi connectivity index (χ0n) is 18.5. The molecule has 0 aliphatic heterocycles. The highest BCUT2D eigenvalue weighted by Gasteiger charge is 1.80. The predicted molar refractivity (Wildman–Crippen MR) is 108 cm³/mol. The first-order valence-electron chi connectivity index (χ1n) is 8.99. The molecule has 0 radical (unpaired) electrons. The smallest absolute Gasteiger partial charge is 0.450 e. The summed E-state index contributed by atoms with van der Waals surface area (Å²) in [6, 6.07) is 0. The molecule has 158 valence electrons. The quantitative estimate of drug-likeness (QED) is 0.397. The highest BCUT2D eigenvalue weighted by molar-refractivity contribution is 5.53. The molecule has 0 rings (SSSR count). The van der Waals surface area contributed by atoms with Crippen LogP contribution in [0.3, 0.4) is 0 Å². The lowest BCUT2D eigenvalue weighted by atomic mass is 10.2. The largest absolute Gasteiger partial charge is 0.503 e. The van der Waals surface area contributed by atoms with Crippen LogP contribution in [0.15, 0.2) is 0 Å². The molecule has 0 bridgehead atoms. The van der Waals surface area contributed by atoms with Crippen molar-refractivity contribution in [2.45, 2.75) is 95.4 Å². The number of hydrogen-bond donors (Lipinski definition) is 4. The standard InChI is InChI=1S/2C5H12.C4H10.C3H8.2CH2O3/c2*1-4-5(2)3;1-4(2)3;1-3-2;2*2-1(3)4/h2*5H,4H2,1-3H3;4H,1-3H3;3H2,1-2H3;2*(H2,2,3,4). The van der Waals surface area contributed by atoms with Crippen LogP contribution in [0.1, 0.15) is 95.4 Å². The van der Waals surface area contributed by atoms with Crippen LogP contribution in [0.2, 0.25) is 0 Å². The molecule has 0 aliphatic rings. The average molecular weight is 371 g/mol. The normalized spacial score (nSPS) is 7.92. The van der Waals surface area contributed by atoms with Crippen molar-refractivity contribution in [3.05, 3.63) is 0 Å². The van der Waals surface area contributed by atoms with Gasteiger partial charge in [0.25, 0.3) is 0 Å². The Labute approximate surface area is 156 Å². The fourth-order valence-corrected chi connectivity index (χ4v) is 0. The molecular weight excluding hydrogens is 324 g/mol. The van der Waals surface area contributed by atoms with Crippen molar-refractivity contribution in [3.63, 3.8) is 0 Å². The van der Waals surface area contributed by atoms with E-state index < -0.39 is 12.3 Å². The van der Waals surface area contributed by atoms with E-state index in [9.17, 15) is 0 Å². The van der Waals surface area contributed by atoms with E-state index in [1.54, 1.807) is 0 Å². The Bertz CT molecular complexity index is 195. The Balaban J connectivity index is -0.0000000437. The van der Waals surface area contributed by atoms with Gasteiger partial charge in [-0.3, -0.25) is 0 Å². The van der Waals surface area contributed by atoms with Gasteiger partial charge in [-0.25, -0.2) is 9.59 Å². The maximum Gasteiger partial charge on any atom is 0.503 e. The SMILES string of the molecule is CC(C)C.CCC.CCC(C)C.CCC(C)C.O=C(O)O.O=C(O)O. The minimum Gasteiger partial charge on any atom is -0.450 e. The maximum absolute atomic E-state index is 8.56. The monoisotopic (exact) mass is 370 g/mol. The molecule has 0 unspecified atom stereocenters. The van der Waals surface area contributed by atoms with Crippen molar-refractivity contribution in [3.8, 4) is 0 Å². The topological polar surface area (TPSA) is 115 Å². The van der Waals surface area contributed by atoms with Crippen molar-refractivity contribution in [2.75, 3.05) is 0 Å². The molecule has 0 aromatic heterocycles. The van der Waals surface area contributed by atoms with Gasteiger partial charge < -0.3 is 20.4 Å². The summed E-state index contributed by atoms with van der Waals surface area (Å²) >= 11 is 0. The van der Waals surface area contributed by atoms with Gasteiger partial charge in [0.1, 0.15) is 0 Å². The Kier molecular flexibility index (Phi) is 59.4. The van der Waals surface area contributed by atoms with Crippen molar-refractivity contribution in [1.29, 1.82) is 0 Å². The second-order valence-electron chi connectivity index (χ2n) is 6.61. The molecule has 6 nitrogen and oxygen atoms in total. The van der Waals surface area contributed by atoms with Crippen LogP contribution in [0, 0.1) is 17.8 Å². The van der Waals surface area contributed by atoms with Gasteiger partial charge >= 0.3 is 12.3 Å². The van der Waals surface area contributed by atoms with Crippen LogP contribution in [0.4, 0.5) is 9.59 Å². The number of hydrogen-bond acceptors (Lipinski definition) is 2. The van der Waals surface area contributed by atoms with Crippen LogP contribution in [0.5, 0.6) is 0 Å². The van der Waals surface area contributed by atoms with Crippen molar-refractivity contribution in [1.82, 2.24) is 0 Å². The number of rotatable bonds is 2. The van der Waals surface area contributed by atoms with Crippen molar-refractivity contribution in [2.24, 2.45) is 17.8 Å². The molecule has 0 heterocycles. The zero-order chi connectivity index (χ0) is 22.0. The van der Waals surface area contributed by atoms with Crippen LogP contribution >= 0.6 is 0 Å². The lowest BCUT2D eigenvalue weighted by Crippen LogP contribution is -1.81. The summed E-state index contributed by atoms with van der Waals surface area (Å²) in [6.07, 6.45) is 0.194. The summed E-state index contributed by atoms with van der Waals surface area (Å²) in [5.41, 5.74) is 0. The molecule has 0 spiro atoms. The third-order valence-corrected chi connectivity index (χ3v) is 1.63. The van der Waals surface area contributed by atoms with Gasteiger partial charge in [0.15, 0.2) is 0 Å². The third kappa shape index (κ3) is 1470. The second-order valence-corrected chi connectivity index (χ2v) is 6.61. The molecule has 0 aromatic rings. The fourth-order valence-electron chi connectivity index (χ4n) is 0. The Hall–Kier alpha value is -1.46. The number of carbonyl (C=O) groups is 2. The zero-order valence-corrected chi connectivity index (χ0v) is 18.5. The van der Waals surface area contributed by atoms with E-state index in [0.717, 1.165) is 17.8 Å². The summed E-state index contributed by atoms with van der Waals surface area (Å²) < 4.78 is 0. The Morgan fingerprint density at radius 2 is 0.640 bits per heavy atom. The second kappa shape index (κ2) is 38.2. The van der Waals surface area contributed by atoms with Crippen molar-refractivity contribution < 1.29 is 30.0 Å². The van der Waals surface area contributed by atoms with E-state index in [1.807, 2.05) is 0 Å². The van der Waals surface area contributed by atoms with E-state index in [4.69, 9.17) is 30.0 Å². The van der Waals surface area contributed by atoms with Gasteiger partial charge in [-0.1, -0.05) is 95.4 Å². The molecule has 0 saturated heterocycles. The highest BCUT2D eigenvalue weighted by Crippen LogP contribution is 1.94. The maximum atomic E-state index is 8.56. The third-order valence-electron chi connectivity index (χ3n) is 1.63. The highest BCUT2D eigenvalue weighted by atomic mass is 16.6. The molecule has 0 fully saturated rings. The molecule has 0 amide bonds. The van der Waals surface area contributed by atoms with E-state index in [-0.39, 0.29) is 0 Å². The van der Waals surface area contributed by atoms with Crippen LogP contribution in [-0.4, -0.2) is 32.7 Å². The predicted octanol–water partition coefficient (Wildman–Crippen LogP) is 7.63. The van der Waals surface area contributed by atoms with Gasteiger partial charge in [0.05, 0.1) is 0 Å². The fraction of sp³-hybridized carbons (Fsp3) is 0.895. The summed E-state index contributed by atoms with van der Waals surface area (Å²) in [6.45, 7) is 24.0. The van der Waals surface area contributed by atoms with E-state index >= 15 is 0 Å². The first-order chi connectivity index (χ1) is 11.2.